The normalized spacial score (nSPS) is 11.2. The molecule has 7 nitrogen and oxygen atoms in total. The molecule has 0 aliphatic carbocycles. The molecule has 3 N–H and O–H groups in total. The Morgan fingerprint density at radius 1 is 1.14 bits per heavy atom. The molecule has 0 bridgehead atoms. The third kappa shape index (κ3) is 4.62. The van der Waals surface area contributed by atoms with Crippen LogP contribution in [0.5, 0.6) is 0 Å². The molecule has 0 saturated heterocycles. The number of hydrogen-bond acceptors (Lipinski definition) is 6. The minimum atomic E-state index is -0.952. The summed E-state index contributed by atoms with van der Waals surface area (Å²) in [4.78, 5) is 23.8. The average molecular weight is 306 g/mol. The first-order valence-corrected chi connectivity index (χ1v) is 6.69. The first-order chi connectivity index (χ1) is 10.5. The molecule has 0 heterocycles. The monoisotopic (exact) mass is 306 g/mol. The summed E-state index contributed by atoms with van der Waals surface area (Å²) < 4.78 is 9.57. The average Bonchev–Trinajstić information content (AvgIpc) is 2.48. The quantitative estimate of drug-likeness (QED) is 0.244. The molecule has 0 atom stereocenters. The SMILES string of the molecule is CCOC(=O)/C(C(=N)NC(=O)c1ccccc1)=C(/O)OCC. The van der Waals surface area contributed by atoms with Crippen LogP contribution in [0, 0.1) is 5.41 Å². The first-order valence-electron chi connectivity index (χ1n) is 6.69. The highest BCUT2D eigenvalue weighted by Gasteiger charge is 2.25. The summed E-state index contributed by atoms with van der Waals surface area (Å²) in [5.74, 6) is -2.90. The standard InChI is InChI=1S/C15H18N2O5/c1-3-21-14(19)11(15(20)22-4-2)12(16)17-13(18)10-8-6-5-7-9-10/h5-9,19H,3-4H2,1-2H3,(H2,16,17,18)/b14-11-. The Kier molecular flexibility index (Phi) is 6.62. The lowest BCUT2D eigenvalue weighted by Gasteiger charge is -2.12. The van der Waals surface area contributed by atoms with Crippen LogP contribution in [-0.4, -0.2) is 36.0 Å². The van der Waals surface area contributed by atoms with Gasteiger partial charge in [-0.2, -0.15) is 0 Å². The van der Waals surface area contributed by atoms with E-state index in [2.05, 4.69) is 5.32 Å². The lowest BCUT2D eigenvalue weighted by atomic mass is 10.2. The van der Waals surface area contributed by atoms with Crippen molar-refractivity contribution in [1.82, 2.24) is 5.32 Å². The summed E-state index contributed by atoms with van der Waals surface area (Å²) in [6.45, 7) is 3.33. The molecule has 0 saturated carbocycles. The van der Waals surface area contributed by atoms with Gasteiger partial charge in [0, 0.05) is 5.56 Å². The maximum atomic E-state index is 12.0. The van der Waals surface area contributed by atoms with Crippen LogP contribution in [0.15, 0.2) is 41.9 Å². The number of amides is 1. The number of nitrogens with one attached hydrogen (secondary N) is 2. The minimum Gasteiger partial charge on any atom is -0.480 e. The highest BCUT2D eigenvalue weighted by Crippen LogP contribution is 2.08. The number of hydrogen-bond donors (Lipinski definition) is 3. The predicted octanol–water partition coefficient (Wildman–Crippen LogP) is 1.76. The maximum Gasteiger partial charge on any atom is 0.349 e. The third-order valence-corrected chi connectivity index (χ3v) is 2.50. The molecule has 0 spiro atoms. The molecular weight excluding hydrogens is 288 g/mol. The molecular formula is C15H18N2O5. The van der Waals surface area contributed by atoms with Gasteiger partial charge in [0.05, 0.1) is 13.2 Å². The van der Waals surface area contributed by atoms with Crippen LogP contribution < -0.4 is 5.32 Å². The van der Waals surface area contributed by atoms with Gasteiger partial charge in [0.25, 0.3) is 11.9 Å². The highest BCUT2D eigenvalue weighted by atomic mass is 16.6. The van der Waals surface area contributed by atoms with Gasteiger partial charge < -0.3 is 19.9 Å². The Balaban J connectivity index is 2.96. The van der Waals surface area contributed by atoms with Crippen LogP contribution >= 0.6 is 0 Å². The van der Waals surface area contributed by atoms with Gasteiger partial charge in [-0.3, -0.25) is 10.2 Å². The van der Waals surface area contributed by atoms with Gasteiger partial charge in [0.2, 0.25) is 0 Å². The van der Waals surface area contributed by atoms with E-state index in [1.807, 2.05) is 0 Å². The number of esters is 1. The topological polar surface area (TPSA) is 109 Å². The third-order valence-electron chi connectivity index (χ3n) is 2.50. The van der Waals surface area contributed by atoms with Gasteiger partial charge in [-0.15, -0.1) is 0 Å². The molecule has 1 aromatic carbocycles. The zero-order valence-corrected chi connectivity index (χ0v) is 12.4. The number of carbonyl (C=O) groups excluding carboxylic acids is 2. The fourth-order valence-electron chi connectivity index (χ4n) is 1.55. The fourth-order valence-corrected chi connectivity index (χ4v) is 1.55. The zero-order chi connectivity index (χ0) is 16.5. The van der Waals surface area contributed by atoms with Gasteiger partial charge in [-0.05, 0) is 26.0 Å². The van der Waals surface area contributed by atoms with E-state index in [1.54, 1.807) is 44.2 Å². The molecule has 1 amide bonds. The Morgan fingerprint density at radius 3 is 2.27 bits per heavy atom. The van der Waals surface area contributed by atoms with Crippen LogP contribution in [0.4, 0.5) is 0 Å². The van der Waals surface area contributed by atoms with Crippen LogP contribution in [0.2, 0.25) is 0 Å². The van der Waals surface area contributed by atoms with Crippen molar-refractivity contribution < 1.29 is 24.2 Å². The highest BCUT2D eigenvalue weighted by molar-refractivity contribution is 6.22. The Bertz CT molecular complexity index is 581. The molecule has 7 heteroatoms. The Morgan fingerprint density at radius 2 is 1.73 bits per heavy atom. The molecule has 118 valence electrons. The molecule has 0 unspecified atom stereocenters. The number of amidine groups is 1. The van der Waals surface area contributed by atoms with E-state index >= 15 is 0 Å². The molecule has 0 aromatic heterocycles. The van der Waals surface area contributed by atoms with Crippen molar-refractivity contribution in [3.8, 4) is 0 Å². The van der Waals surface area contributed by atoms with Gasteiger partial charge in [0.1, 0.15) is 5.84 Å². The summed E-state index contributed by atoms with van der Waals surface area (Å²) >= 11 is 0. The number of aliphatic hydroxyl groups is 1. The maximum absolute atomic E-state index is 12.0. The zero-order valence-electron chi connectivity index (χ0n) is 12.4. The van der Waals surface area contributed by atoms with Crippen LogP contribution in [0.25, 0.3) is 0 Å². The van der Waals surface area contributed by atoms with E-state index in [0.717, 1.165) is 0 Å². The smallest absolute Gasteiger partial charge is 0.349 e. The molecule has 1 rings (SSSR count). The van der Waals surface area contributed by atoms with Crippen molar-refractivity contribution in [2.24, 2.45) is 0 Å². The summed E-state index contributed by atoms with van der Waals surface area (Å²) in [5, 5.41) is 19.8. The lowest BCUT2D eigenvalue weighted by molar-refractivity contribution is -0.138. The minimum absolute atomic E-state index is 0.0572. The van der Waals surface area contributed by atoms with E-state index in [9.17, 15) is 14.7 Å². The van der Waals surface area contributed by atoms with Crippen LogP contribution in [0.3, 0.4) is 0 Å². The number of rotatable bonds is 6. The summed E-state index contributed by atoms with van der Waals surface area (Å²) in [5.41, 5.74) is -0.223. The van der Waals surface area contributed by atoms with Crippen LogP contribution in [0.1, 0.15) is 24.2 Å². The molecule has 0 aliphatic rings. The van der Waals surface area contributed by atoms with E-state index < -0.39 is 29.2 Å². The van der Waals surface area contributed by atoms with E-state index in [-0.39, 0.29) is 13.2 Å². The summed E-state index contributed by atoms with van der Waals surface area (Å²) in [7, 11) is 0. The van der Waals surface area contributed by atoms with E-state index in [0.29, 0.717) is 5.56 Å². The molecule has 0 radical (unpaired) electrons. The summed E-state index contributed by atoms with van der Waals surface area (Å²) in [6, 6.07) is 8.18. The van der Waals surface area contributed by atoms with E-state index in [4.69, 9.17) is 14.9 Å². The number of carbonyl (C=O) groups is 2. The van der Waals surface area contributed by atoms with Crippen molar-refractivity contribution in [3.05, 3.63) is 47.4 Å². The second kappa shape index (κ2) is 8.46. The van der Waals surface area contributed by atoms with Gasteiger partial charge in [-0.1, -0.05) is 18.2 Å². The summed E-state index contributed by atoms with van der Waals surface area (Å²) in [6.07, 6.45) is 0. The predicted molar refractivity (Wildman–Crippen MR) is 79.5 cm³/mol. The van der Waals surface area contributed by atoms with Crippen molar-refractivity contribution in [2.45, 2.75) is 13.8 Å². The number of benzene rings is 1. The van der Waals surface area contributed by atoms with Crippen molar-refractivity contribution >= 4 is 17.7 Å². The fraction of sp³-hybridized carbons (Fsp3) is 0.267. The Hall–Kier alpha value is -2.83. The van der Waals surface area contributed by atoms with Gasteiger partial charge >= 0.3 is 5.97 Å². The van der Waals surface area contributed by atoms with Crippen molar-refractivity contribution in [3.63, 3.8) is 0 Å². The first kappa shape index (κ1) is 17.2. The second-order valence-corrected chi connectivity index (χ2v) is 4.03. The van der Waals surface area contributed by atoms with Crippen LogP contribution in [-0.2, 0) is 14.3 Å². The van der Waals surface area contributed by atoms with Crippen molar-refractivity contribution in [2.75, 3.05) is 13.2 Å². The molecule has 1 aromatic rings. The van der Waals surface area contributed by atoms with Gasteiger partial charge in [-0.25, -0.2) is 4.79 Å². The second-order valence-electron chi connectivity index (χ2n) is 4.03. The molecule has 0 fully saturated rings. The van der Waals surface area contributed by atoms with Crippen molar-refractivity contribution in [1.29, 1.82) is 5.41 Å². The molecule has 22 heavy (non-hydrogen) atoms. The van der Waals surface area contributed by atoms with Gasteiger partial charge in [0.15, 0.2) is 5.57 Å². The Labute approximate surface area is 128 Å². The largest absolute Gasteiger partial charge is 0.480 e. The lowest BCUT2D eigenvalue weighted by Crippen LogP contribution is -2.35. The number of aliphatic hydroxyl groups excluding tert-OH is 1. The molecule has 0 aliphatic heterocycles. The van der Waals surface area contributed by atoms with E-state index in [1.165, 1.54) is 0 Å². The number of ether oxygens (including phenoxy) is 2.